The van der Waals surface area contributed by atoms with Gasteiger partial charge in [0.05, 0.1) is 11.4 Å². The van der Waals surface area contributed by atoms with Gasteiger partial charge in [-0.05, 0) is 135 Å². The molecular weight excluding hydrogens is 739 g/mol. The number of anilines is 6. The van der Waals surface area contributed by atoms with Gasteiger partial charge in [0.1, 0.15) is 34.5 Å². The molecule has 0 unspecified atom stereocenters. The van der Waals surface area contributed by atoms with Crippen LogP contribution >= 0.6 is 23.7 Å². The predicted molar refractivity (Wildman–Crippen MR) is 243 cm³/mol. The number of hydrogen-bond donors (Lipinski definition) is 2. The molecule has 13 rings (SSSR count). The van der Waals surface area contributed by atoms with Gasteiger partial charge in [-0.1, -0.05) is 48.5 Å². The number of fused-ring (bicyclic) bond motifs is 12. The lowest BCUT2D eigenvalue weighted by Crippen LogP contribution is -2.64. The number of nitrogens with zero attached hydrogens (tertiary/aromatic N) is 1. The fraction of sp³-hybridized carbons (Fsp3) is 0.0870. The highest BCUT2D eigenvalue weighted by Crippen LogP contribution is 2.44. The van der Waals surface area contributed by atoms with E-state index < -0.39 is 0 Å². The summed E-state index contributed by atoms with van der Waals surface area (Å²) in [5.74, 6) is 5.30. The highest BCUT2D eigenvalue weighted by atomic mass is 32.2. The van der Waals surface area contributed by atoms with Crippen molar-refractivity contribution in [3.63, 3.8) is 0 Å². The van der Waals surface area contributed by atoms with Gasteiger partial charge in [0.15, 0.2) is 0 Å². The standard InChI is InChI=1S/C46H32B3N3O3S2/c1-23-13-34-44-35(14-23)51-33-21-39-30(19-28(33)47(44)26-9-5-7-11-32(26)50-34)49-31-20-29-36(22-40(31)55-42-16-24(2)15-41(54-39)46(42)49)52(57-4)37-17-25(56-3)18-43-45(37)48(29)27-10-6-8-12-38(27)53-43/h5-22,50-51H,1-4H3. The van der Waals surface area contributed by atoms with Gasteiger partial charge < -0.3 is 24.8 Å². The maximum absolute atomic E-state index is 7.01. The zero-order valence-electron chi connectivity index (χ0n) is 31.6. The Balaban J connectivity index is 1.06. The Bertz CT molecular complexity index is 3010. The quantitative estimate of drug-likeness (QED) is 0.131. The molecule has 6 aliphatic rings. The van der Waals surface area contributed by atoms with Crippen LogP contribution in [-0.4, -0.2) is 32.6 Å². The number of para-hydroxylation sites is 2. The van der Waals surface area contributed by atoms with E-state index in [4.69, 9.17) is 14.2 Å². The molecule has 7 aromatic rings. The number of rotatable bonds is 2. The highest BCUT2D eigenvalue weighted by Gasteiger charge is 2.47. The highest BCUT2D eigenvalue weighted by molar-refractivity contribution is 8.00. The van der Waals surface area contributed by atoms with Crippen LogP contribution in [0.15, 0.2) is 114 Å². The summed E-state index contributed by atoms with van der Waals surface area (Å²) in [7, 11) is 0. The molecule has 0 bridgehead atoms. The van der Waals surface area contributed by atoms with E-state index in [1.807, 2.05) is 0 Å². The minimum absolute atomic E-state index is 0.00453. The number of aryl methyl sites for hydroxylation is 2. The lowest BCUT2D eigenvalue weighted by atomic mass is 9.30. The van der Waals surface area contributed by atoms with Gasteiger partial charge in [-0.25, -0.2) is 0 Å². The number of nitrogens with one attached hydrogen (secondary N) is 2. The van der Waals surface area contributed by atoms with Crippen LogP contribution in [0.2, 0.25) is 0 Å². The van der Waals surface area contributed by atoms with Gasteiger partial charge in [-0.2, -0.15) is 0 Å². The Hall–Kier alpha value is -5.77. The predicted octanol–water partition coefficient (Wildman–Crippen LogP) is 5.73. The van der Waals surface area contributed by atoms with E-state index >= 15 is 0 Å². The third-order valence-electron chi connectivity index (χ3n) is 12.7. The van der Waals surface area contributed by atoms with Crippen LogP contribution in [0.4, 0.5) is 34.1 Å². The molecule has 0 amide bonds. The van der Waals surface area contributed by atoms with Crippen LogP contribution in [0.1, 0.15) is 11.1 Å². The van der Waals surface area contributed by atoms with Crippen LogP contribution in [0.5, 0.6) is 34.5 Å². The van der Waals surface area contributed by atoms with Gasteiger partial charge in [0.25, 0.3) is 20.1 Å². The summed E-state index contributed by atoms with van der Waals surface area (Å²) in [4.78, 5) is 1.17. The fourth-order valence-electron chi connectivity index (χ4n) is 10.4. The topological polar surface area (TPSA) is 55.0 Å². The average molecular weight is 771 g/mol. The Labute approximate surface area is 340 Å². The molecule has 6 nitrogen and oxygen atoms in total. The Morgan fingerprint density at radius 3 is 1.84 bits per heavy atom. The normalized spacial score (nSPS) is 14.7. The molecule has 0 saturated carbocycles. The second kappa shape index (κ2) is 11.4. The van der Waals surface area contributed by atoms with E-state index in [1.54, 1.807) is 23.7 Å². The Morgan fingerprint density at radius 2 is 1.07 bits per heavy atom. The number of hydrogen-bond acceptors (Lipinski definition) is 8. The van der Waals surface area contributed by atoms with Crippen molar-refractivity contribution in [2.45, 2.75) is 18.7 Å². The molecule has 0 fully saturated rings. The van der Waals surface area contributed by atoms with Gasteiger partial charge >= 0.3 is 0 Å². The first-order chi connectivity index (χ1) is 27.9. The van der Waals surface area contributed by atoms with E-state index in [-0.39, 0.29) is 20.1 Å². The van der Waals surface area contributed by atoms with Crippen molar-refractivity contribution in [2.75, 3.05) is 27.5 Å². The number of thioether (sulfide) groups is 1. The molecular formula is C46H32B3N3O3S2. The minimum Gasteiger partial charge on any atom is -0.458 e. The summed E-state index contributed by atoms with van der Waals surface area (Å²) in [6, 6.07) is 40.1. The lowest BCUT2D eigenvalue weighted by Gasteiger charge is -2.41. The summed E-state index contributed by atoms with van der Waals surface area (Å²) in [6.07, 6.45) is 4.28. The van der Waals surface area contributed by atoms with E-state index in [2.05, 4.69) is 150 Å². The van der Waals surface area contributed by atoms with E-state index in [0.29, 0.717) is 0 Å². The van der Waals surface area contributed by atoms with Gasteiger partial charge in [-0.15, -0.1) is 11.8 Å². The van der Waals surface area contributed by atoms with Gasteiger partial charge in [0, 0.05) is 51.5 Å². The maximum Gasteiger partial charge on any atom is 0.260 e. The molecule has 0 saturated heterocycles. The van der Waals surface area contributed by atoms with Crippen LogP contribution in [0.25, 0.3) is 0 Å². The molecule has 2 N–H and O–H groups in total. The van der Waals surface area contributed by atoms with E-state index in [0.717, 1.165) is 84.9 Å². The van der Waals surface area contributed by atoms with Crippen LogP contribution in [-0.2, 0) is 0 Å². The molecule has 0 spiro atoms. The van der Waals surface area contributed by atoms with Crippen LogP contribution in [0, 0.1) is 13.8 Å². The van der Waals surface area contributed by atoms with Crippen molar-refractivity contribution < 1.29 is 14.2 Å². The van der Waals surface area contributed by atoms with Crippen molar-refractivity contribution in [1.82, 2.24) is 0 Å². The second-order valence-corrected chi connectivity index (χ2v) is 17.5. The first kappa shape index (κ1) is 32.3. The summed E-state index contributed by atoms with van der Waals surface area (Å²) in [5.41, 5.74) is 20.0. The van der Waals surface area contributed by atoms with Crippen LogP contribution in [0.3, 0.4) is 0 Å². The third kappa shape index (κ3) is 4.33. The van der Waals surface area contributed by atoms with Crippen LogP contribution < -0.4 is 78.3 Å². The molecule has 11 heteroatoms. The third-order valence-corrected chi connectivity index (χ3v) is 14.1. The molecule has 7 aromatic carbocycles. The molecule has 270 valence electrons. The zero-order chi connectivity index (χ0) is 37.8. The van der Waals surface area contributed by atoms with Crippen molar-refractivity contribution in [1.29, 1.82) is 0 Å². The maximum atomic E-state index is 7.01. The average Bonchev–Trinajstić information content (AvgIpc) is 3.21. The Morgan fingerprint density at radius 1 is 0.456 bits per heavy atom. The first-order valence-corrected chi connectivity index (χ1v) is 21.8. The summed E-state index contributed by atoms with van der Waals surface area (Å²) in [6.45, 7) is 4.23. The molecule has 6 aliphatic heterocycles. The monoisotopic (exact) mass is 771 g/mol. The van der Waals surface area contributed by atoms with Gasteiger partial charge in [-0.3, -0.25) is 4.31 Å². The van der Waals surface area contributed by atoms with Crippen molar-refractivity contribution in [3.8, 4) is 34.5 Å². The number of ether oxygens (including phenoxy) is 3. The zero-order valence-corrected chi connectivity index (χ0v) is 33.2. The second-order valence-electron chi connectivity index (χ2n) is 15.9. The summed E-state index contributed by atoms with van der Waals surface area (Å²) >= 11 is 3.46. The van der Waals surface area contributed by atoms with Crippen molar-refractivity contribution >= 4 is 127 Å². The largest absolute Gasteiger partial charge is 0.458 e. The molecule has 57 heavy (non-hydrogen) atoms. The smallest absolute Gasteiger partial charge is 0.260 e. The minimum atomic E-state index is -0.105. The van der Waals surface area contributed by atoms with Gasteiger partial charge in [0.2, 0.25) is 0 Å². The first-order valence-electron chi connectivity index (χ1n) is 19.4. The van der Waals surface area contributed by atoms with Crippen molar-refractivity contribution in [3.05, 3.63) is 120 Å². The molecule has 0 radical (unpaired) electrons. The Kier molecular flexibility index (Phi) is 6.48. The lowest BCUT2D eigenvalue weighted by molar-refractivity contribution is 0.464. The SMILES string of the molecule is CSc1cc2c3c(c1)N(SC)c1cc4c(cc1B3c1ccccc1O2)B1c2cc3c(cc2Oc2cc(C)cc(c21)O4)Nc1cc(C)cc2c1B3c1ccccc1N2. The molecule has 0 aliphatic carbocycles. The summed E-state index contributed by atoms with van der Waals surface area (Å²) < 4.78 is 23.0. The van der Waals surface area contributed by atoms with E-state index in [1.165, 1.54) is 48.9 Å². The fourth-order valence-corrected chi connectivity index (χ4v) is 11.6. The van der Waals surface area contributed by atoms with E-state index in [9.17, 15) is 0 Å². The molecule has 0 atom stereocenters. The van der Waals surface area contributed by atoms with Crippen molar-refractivity contribution in [2.24, 2.45) is 0 Å². The molecule has 0 aromatic heterocycles. The molecule has 6 heterocycles. The summed E-state index contributed by atoms with van der Waals surface area (Å²) in [5, 5.41) is 7.61. The number of benzene rings is 7.